The molecule has 2 rings (SSSR count). The second-order valence-corrected chi connectivity index (χ2v) is 6.79. The Hall–Kier alpha value is -1.12. The lowest BCUT2D eigenvalue weighted by Crippen LogP contribution is -2.46. The SMILES string of the molecule is CCNC(=NCc1ccsc1)NCC(Cc1ccccc1)N(C)C.I. The maximum atomic E-state index is 4.68. The predicted molar refractivity (Wildman–Crippen MR) is 120 cm³/mol. The van der Waals surface area contributed by atoms with Crippen molar-refractivity contribution >= 4 is 41.3 Å². The summed E-state index contributed by atoms with van der Waals surface area (Å²) >= 11 is 1.71. The fourth-order valence-corrected chi connectivity index (χ4v) is 3.09. The molecule has 0 aliphatic heterocycles. The smallest absolute Gasteiger partial charge is 0.191 e. The van der Waals surface area contributed by atoms with Gasteiger partial charge in [-0.25, -0.2) is 4.99 Å². The van der Waals surface area contributed by atoms with Crippen LogP contribution < -0.4 is 10.6 Å². The van der Waals surface area contributed by atoms with E-state index < -0.39 is 0 Å². The van der Waals surface area contributed by atoms with Crippen LogP contribution in [0, 0.1) is 0 Å². The van der Waals surface area contributed by atoms with Crippen molar-refractivity contribution in [2.45, 2.75) is 25.9 Å². The van der Waals surface area contributed by atoms with Gasteiger partial charge >= 0.3 is 0 Å². The molecule has 0 aliphatic carbocycles. The van der Waals surface area contributed by atoms with Crippen molar-refractivity contribution in [2.75, 3.05) is 27.2 Å². The van der Waals surface area contributed by atoms with E-state index in [9.17, 15) is 0 Å². The summed E-state index contributed by atoms with van der Waals surface area (Å²) in [6, 6.07) is 13.2. The Balaban J connectivity index is 0.00000312. The van der Waals surface area contributed by atoms with E-state index in [1.54, 1.807) is 11.3 Å². The van der Waals surface area contributed by atoms with Crippen molar-refractivity contribution in [3.63, 3.8) is 0 Å². The maximum Gasteiger partial charge on any atom is 0.191 e. The number of halogens is 1. The highest BCUT2D eigenvalue weighted by atomic mass is 127. The van der Waals surface area contributed by atoms with Gasteiger partial charge in [-0.15, -0.1) is 24.0 Å². The number of likely N-dealkylation sites (N-methyl/N-ethyl adjacent to an activating group) is 1. The molecular weight excluding hydrogens is 443 g/mol. The van der Waals surface area contributed by atoms with E-state index in [-0.39, 0.29) is 24.0 Å². The van der Waals surface area contributed by atoms with Crippen LogP contribution in [0.5, 0.6) is 0 Å². The second kappa shape index (κ2) is 12.3. The maximum absolute atomic E-state index is 4.68. The number of rotatable bonds is 8. The molecule has 138 valence electrons. The molecule has 4 nitrogen and oxygen atoms in total. The standard InChI is InChI=1S/C19H28N4S.HI/c1-4-20-19(21-13-17-10-11-24-15-17)22-14-18(23(2)3)12-16-8-6-5-7-9-16;/h5-11,15,18H,4,12-14H2,1-3H3,(H2,20,21,22);1H. The van der Waals surface area contributed by atoms with Crippen LogP contribution in [0.3, 0.4) is 0 Å². The van der Waals surface area contributed by atoms with Crippen molar-refractivity contribution in [1.29, 1.82) is 0 Å². The third kappa shape index (κ3) is 8.20. The van der Waals surface area contributed by atoms with Crippen LogP contribution in [0.25, 0.3) is 0 Å². The highest BCUT2D eigenvalue weighted by molar-refractivity contribution is 14.0. The van der Waals surface area contributed by atoms with Gasteiger partial charge in [0.25, 0.3) is 0 Å². The third-order valence-electron chi connectivity index (χ3n) is 3.89. The van der Waals surface area contributed by atoms with E-state index in [1.165, 1.54) is 11.1 Å². The summed E-state index contributed by atoms with van der Waals surface area (Å²) in [5.41, 5.74) is 2.61. The normalized spacial score (nSPS) is 12.6. The zero-order valence-corrected chi connectivity index (χ0v) is 18.4. The van der Waals surface area contributed by atoms with E-state index in [2.05, 4.69) is 88.7 Å². The van der Waals surface area contributed by atoms with E-state index in [4.69, 9.17) is 0 Å². The van der Waals surface area contributed by atoms with E-state index >= 15 is 0 Å². The Bertz CT molecular complexity index is 599. The van der Waals surface area contributed by atoms with E-state index in [1.807, 2.05) is 0 Å². The lowest BCUT2D eigenvalue weighted by molar-refractivity contribution is 0.290. The van der Waals surface area contributed by atoms with Gasteiger partial charge in [0.1, 0.15) is 0 Å². The van der Waals surface area contributed by atoms with E-state index in [0.717, 1.165) is 25.5 Å². The predicted octanol–water partition coefficient (Wildman–Crippen LogP) is 3.59. The fraction of sp³-hybridized carbons (Fsp3) is 0.421. The summed E-state index contributed by atoms with van der Waals surface area (Å²) < 4.78 is 0. The minimum absolute atomic E-state index is 0. The molecule has 0 fully saturated rings. The molecule has 1 atom stereocenters. The summed E-state index contributed by atoms with van der Waals surface area (Å²) in [7, 11) is 4.26. The van der Waals surface area contributed by atoms with Gasteiger partial charge in [-0.2, -0.15) is 11.3 Å². The first-order valence-corrected chi connectivity index (χ1v) is 9.37. The first-order valence-electron chi connectivity index (χ1n) is 8.42. The van der Waals surface area contributed by atoms with Crippen molar-refractivity contribution in [2.24, 2.45) is 4.99 Å². The highest BCUT2D eigenvalue weighted by Gasteiger charge is 2.13. The van der Waals surface area contributed by atoms with Crippen LogP contribution >= 0.6 is 35.3 Å². The molecule has 1 aromatic carbocycles. The van der Waals surface area contributed by atoms with Gasteiger partial charge in [-0.3, -0.25) is 0 Å². The van der Waals surface area contributed by atoms with Gasteiger partial charge < -0.3 is 15.5 Å². The molecular formula is C19H29IN4S. The summed E-state index contributed by atoms with van der Waals surface area (Å²) in [6.45, 7) is 4.53. The molecule has 1 aromatic heterocycles. The van der Waals surface area contributed by atoms with Crippen LogP contribution in [0.4, 0.5) is 0 Å². The lowest BCUT2D eigenvalue weighted by Gasteiger charge is -2.25. The summed E-state index contributed by atoms with van der Waals surface area (Å²) in [5, 5.41) is 11.0. The van der Waals surface area contributed by atoms with Crippen molar-refractivity contribution in [3.8, 4) is 0 Å². The molecule has 0 aliphatic rings. The molecule has 0 amide bonds. The molecule has 2 aromatic rings. The Morgan fingerprint density at radius 1 is 1.12 bits per heavy atom. The van der Waals surface area contributed by atoms with Crippen LogP contribution in [0.2, 0.25) is 0 Å². The van der Waals surface area contributed by atoms with Gasteiger partial charge in [0.2, 0.25) is 0 Å². The number of hydrogen-bond donors (Lipinski definition) is 2. The average molecular weight is 472 g/mol. The summed E-state index contributed by atoms with van der Waals surface area (Å²) in [6.07, 6.45) is 1.02. The zero-order valence-electron chi connectivity index (χ0n) is 15.2. The van der Waals surface area contributed by atoms with Crippen LogP contribution in [-0.4, -0.2) is 44.1 Å². The molecule has 2 N–H and O–H groups in total. The molecule has 0 saturated carbocycles. The van der Waals surface area contributed by atoms with Gasteiger partial charge in [-0.1, -0.05) is 30.3 Å². The van der Waals surface area contributed by atoms with E-state index in [0.29, 0.717) is 12.6 Å². The van der Waals surface area contributed by atoms with Gasteiger partial charge in [0, 0.05) is 19.1 Å². The lowest BCUT2D eigenvalue weighted by atomic mass is 10.1. The average Bonchev–Trinajstić information content (AvgIpc) is 3.10. The Kier molecular flexibility index (Phi) is 10.8. The number of nitrogens with one attached hydrogen (secondary N) is 2. The topological polar surface area (TPSA) is 39.7 Å². The van der Waals surface area contributed by atoms with Crippen molar-refractivity contribution < 1.29 is 0 Å². The molecule has 0 radical (unpaired) electrons. The minimum atomic E-state index is 0. The first-order chi connectivity index (χ1) is 11.7. The number of nitrogens with zero attached hydrogens (tertiary/aromatic N) is 2. The van der Waals surface area contributed by atoms with Gasteiger partial charge in [-0.05, 0) is 55.4 Å². The van der Waals surface area contributed by atoms with Gasteiger partial charge in [0.15, 0.2) is 5.96 Å². The molecule has 0 spiro atoms. The quantitative estimate of drug-likeness (QED) is 0.351. The molecule has 1 heterocycles. The van der Waals surface area contributed by atoms with Gasteiger partial charge in [0.05, 0.1) is 6.54 Å². The molecule has 1 unspecified atom stereocenters. The monoisotopic (exact) mass is 472 g/mol. The number of guanidine groups is 1. The molecule has 0 saturated heterocycles. The van der Waals surface area contributed by atoms with Crippen LogP contribution in [-0.2, 0) is 13.0 Å². The second-order valence-electron chi connectivity index (χ2n) is 6.01. The van der Waals surface area contributed by atoms with Crippen LogP contribution in [0.1, 0.15) is 18.1 Å². The molecule has 6 heteroatoms. The Morgan fingerprint density at radius 3 is 2.48 bits per heavy atom. The largest absolute Gasteiger partial charge is 0.357 e. The number of benzene rings is 1. The zero-order chi connectivity index (χ0) is 17.2. The summed E-state index contributed by atoms with van der Waals surface area (Å²) in [4.78, 5) is 6.94. The van der Waals surface area contributed by atoms with Crippen molar-refractivity contribution in [1.82, 2.24) is 15.5 Å². The molecule has 25 heavy (non-hydrogen) atoms. The molecule has 0 bridgehead atoms. The Morgan fingerprint density at radius 2 is 1.88 bits per heavy atom. The minimum Gasteiger partial charge on any atom is -0.357 e. The Labute approximate surface area is 172 Å². The van der Waals surface area contributed by atoms with Crippen molar-refractivity contribution in [3.05, 3.63) is 58.3 Å². The first kappa shape index (κ1) is 21.9. The number of thiophene rings is 1. The number of aliphatic imine (C=N–C) groups is 1. The number of hydrogen-bond acceptors (Lipinski definition) is 3. The fourth-order valence-electron chi connectivity index (χ4n) is 2.43. The highest BCUT2D eigenvalue weighted by Crippen LogP contribution is 2.08. The van der Waals surface area contributed by atoms with Crippen LogP contribution in [0.15, 0.2) is 52.2 Å². The summed E-state index contributed by atoms with van der Waals surface area (Å²) in [5.74, 6) is 0.878. The third-order valence-corrected chi connectivity index (χ3v) is 4.63.